The molecular weight excluding hydrogens is 381 g/mol. The number of rotatable bonds is 4. The van der Waals surface area contributed by atoms with Gasteiger partial charge in [-0.25, -0.2) is 9.97 Å². The molecule has 0 saturated heterocycles. The number of amides is 1. The van der Waals surface area contributed by atoms with E-state index in [4.69, 9.17) is 0 Å². The van der Waals surface area contributed by atoms with Crippen LogP contribution in [0.4, 0.5) is 18.9 Å². The van der Waals surface area contributed by atoms with E-state index in [1.807, 2.05) is 30.6 Å². The van der Waals surface area contributed by atoms with Crippen LogP contribution in [0.3, 0.4) is 0 Å². The summed E-state index contributed by atoms with van der Waals surface area (Å²) < 4.78 is 40.2. The first-order valence-electron chi connectivity index (χ1n) is 8.75. The van der Waals surface area contributed by atoms with E-state index in [-0.39, 0.29) is 6.42 Å². The highest BCUT2D eigenvalue weighted by Crippen LogP contribution is 2.29. The van der Waals surface area contributed by atoms with Crippen molar-refractivity contribution in [2.45, 2.75) is 12.6 Å². The summed E-state index contributed by atoms with van der Waals surface area (Å²) in [6.07, 6.45) is 0.777. The smallest absolute Gasteiger partial charge is 0.326 e. The van der Waals surface area contributed by atoms with Crippen LogP contribution in [-0.4, -0.2) is 20.3 Å². The first-order chi connectivity index (χ1) is 13.9. The standard InChI is InChI=1S/C21H15F3N4O/c22-21(23,24)16-4-1-3-14(11-16)12-19(29)26-17-7-5-15(6-8-17)18-13-28-10-2-9-25-20(28)27-18/h1-11,13H,12H2,(H,26,29). The Morgan fingerprint density at radius 3 is 2.59 bits per heavy atom. The molecule has 1 N–H and O–H groups in total. The summed E-state index contributed by atoms with van der Waals surface area (Å²) in [6.45, 7) is 0. The Hall–Kier alpha value is -3.68. The predicted molar refractivity (Wildman–Crippen MR) is 102 cm³/mol. The van der Waals surface area contributed by atoms with Gasteiger partial charge in [-0.3, -0.25) is 9.20 Å². The van der Waals surface area contributed by atoms with E-state index in [2.05, 4.69) is 15.3 Å². The summed E-state index contributed by atoms with van der Waals surface area (Å²) >= 11 is 0. The second-order valence-electron chi connectivity index (χ2n) is 6.45. The molecule has 1 amide bonds. The summed E-state index contributed by atoms with van der Waals surface area (Å²) in [5, 5.41) is 2.70. The lowest BCUT2D eigenvalue weighted by atomic mass is 10.1. The number of carbonyl (C=O) groups excluding carboxylic acids is 1. The quantitative estimate of drug-likeness (QED) is 0.549. The Bertz CT molecular complexity index is 1130. The maximum Gasteiger partial charge on any atom is 0.416 e. The lowest BCUT2D eigenvalue weighted by molar-refractivity contribution is -0.137. The first kappa shape index (κ1) is 18.7. The van der Waals surface area contributed by atoms with Crippen molar-refractivity contribution in [1.29, 1.82) is 0 Å². The van der Waals surface area contributed by atoms with Crippen LogP contribution in [0.5, 0.6) is 0 Å². The molecule has 8 heteroatoms. The van der Waals surface area contributed by atoms with Gasteiger partial charge >= 0.3 is 6.18 Å². The molecule has 0 aliphatic rings. The molecule has 0 aliphatic heterocycles. The van der Waals surface area contributed by atoms with Gasteiger partial charge in [0.15, 0.2) is 0 Å². The van der Waals surface area contributed by atoms with Crippen LogP contribution in [0, 0.1) is 0 Å². The van der Waals surface area contributed by atoms with Crippen LogP contribution < -0.4 is 5.32 Å². The molecule has 4 aromatic rings. The van der Waals surface area contributed by atoms with Crippen LogP contribution in [0.15, 0.2) is 73.2 Å². The zero-order valence-corrected chi connectivity index (χ0v) is 15.0. The van der Waals surface area contributed by atoms with Gasteiger partial charge in [0.2, 0.25) is 11.7 Å². The number of hydrogen-bond donors (Lipinski definition) is 1. The number of aromatic nitrogens is 3. The average molecular weight is 396 g/mol. The van der Waals surface area contributed by atoms with Gasteiger partial charge in [0, 0.05) is 29.8 Å². The van der Waals surface area contributed by atoms with Gasteiger partial charge in [-0.15, -0.1) is 0 Å². The molecule has 0 aliphatic carbocycles. The van der Waals surface area contributed by atoms with Crippen molar-refractivity contribution in [2.24, 2.45) is 0 Å². The first-order valence-corrected chi connectivity index (χ1v) is 8.75. The van der Waals surface area contributed by atoms with E-state index in [1.54, 1.807) is 22.7 Å². The molecule has 0 atom stereocenters. The van der Waals surface area contributed by atoms with Crippen molar-refractivity contribution >= 4 is 17.4 Å². The zero-order valence-electron chi connectivity index (χ0n) is 15.0. The van der Waals surface area contributed by atoms with E-state index >= 15 is 0 Å². The molecule has 0 spiro atoms. The van der Waals surface area contributed by atoms with Gasteiger partial charge in [-0.2, -0.15) is 13.2 Å². The number of nitrogens with zero attached hydrogens (tertiary/aromatic N) is 3. The predicted octanol–water partition coefficient (Wildman–Crippen LogP) is 4.60. The average Bonchev–Trinajstić information content (AvgIpc) is 3.12. The second-order valence-corrected chi connectivity index (χ2v) is 6.45. The lowest BCUT2D eigenvalue weighted by Gasteiger charge is -2.09. The number of fused-ring (bicyclic) bond motifs is 1. The van der Waals surface area contributed by atoms with Gasteiger partial charge in [-0.05, 0) is 29.8 Å². The van der Waals surface area contributed by atoms with E-state index in [0.29, 0.717) is 17.0 Å². The van der Waals surface area contributed by atoms with Crippen molar-refractivity contribution in [3.8, 4) is 11.3 Å². The van der Waals surface area contributed by atoms with Gasteiger partial charge in [0.25, 0.3) is 0 Å². The van der Waals surface area contributed by atoms with Crippen molar-refractivity contribution in [3.05, 3.63) is 84.3 Å². The van der Waals surface area contributed by atoms with Gasteiger partial charge < -0.3 is 5.32 Å². The summed E-state index contributed by atoms with van der Waals surface area (Å²) in [5.41, 5.74) is 1.67. The van der Waals surface area contributed by atoms with Crippen molar-refractivity contribution in [1.82, 2.24) is 14.4 Å². The molecule has 2 aromatic heterocycles. The zero-order chi connectivity index (χ0) is 20.4. The van der Waals surface area contributed by atoms with Crippen molar-refractivity contribution in [3.63, 3.8) is 0 Å². The molecule has 4 rings (SSSR count). The summed E-state index contributed by atoms with van der Waals surface area (Å²) in [7, 11) is 0. The Morgan fingerprint density at radius 1 is 1.07 bits per heavy atom. The molecule has 0 fully saturated rings. The van der Waals surface area contributed by atoms with Gasteiger partial charge in [0.05, 0.1) is 17.7 Å². The fourth-order valence-electron chi connectivity index (χ4n) is 2.94. The maximum absolute atomic E-state index is 12.8. The number of imidazole rings is 1. The number of benzene rings is 2. The number of halogens is 3. The summed E-state index contributed by atoms with van der Waals surface area (Å²) in [4.78, 5) is 20.8. The molecule has 0 bridgehead atoms. The second kappa shape index (κ2) is 7.38. The number of hydrogen-bond acceptors (Lipinski definition) is 3. The van der Waals surface area contributed by atoms with E-state index < -0.39 is 17.6 Å². The third kappa shape index (κ3) is 4.26. The SMILES string of the molecule is O=C(Cc1cccc(C(F)(F)F)c1)Nc1ccc(-c2cn3cccnc3n2)cc1. The Labute approximate surface area is 163 Å². The molecule has 2 heterocycles. The lowest BCUT2D eigenvalue weighted by Crippen LogP contribution is -2.15. The Kier molecular flexibility index (Phi) is 4.75. The monoisotopic (exact) mass is 396 g/mol. The van der Waals surface area contributed by atoms with Crippen LogP contribution in [0.2, 0.25) is 0 Å². The third-order valence-corrected chi connectivity index (χ3v) is 4.32. The molecule has 2 aromatic carbocycles. The fraction of sp³-hybridized carbons (Fsp3) is 0.0952. The Balaban J connectivity index is 1.44. The van der Waals surface area contributed by atoms with E-state index in [0.717, 1.165) is 23.4 Å². The third-order valence-electron chi connectivity index (χ3n) is 4.32. The van der Waals surface area contributed by atoms with Gasteiger partial charge in [-0.1, -0.05) is 30.3 Å². The van der Waals surface area contributed by atoms with Crippen LogP contribution in [-0.2, 0) is 17.4 Å². The molecule has 5 nitrogen and oxygen atoms in total. The minimum absolute atomic E-state index is 0.149. The van der Waals surface area contributed by atoms with E-state index in [9.17, 15) is 18.0 Å². The number of carbonyl (C=O) groups is 1. The summed E-state index contributed by atoms with van der Waals surface area (Å²) in [6, 6.07) is 13.6. The van der Waals surface area contributed by atoms with E-state index in [1.165, 1.54) is 12.1 Å². The van der Waals surface area contributed by atoms with Crippen LogP contribution in [0.1, 0.15) is 11.1 Å². The van der Waals surface area contributed by atoms with Crippen LogP contribution in [0.25, 0.3) is 17.0 Å². The highest BCUT2D eigenvalue weighted by atomic mass is 19.4. The normalized spacial score (nSPS) is 11.6. The highest BCUT2D eigenvalue weighted by molar-refractivity contribution is 5.92. The largest absolute Gasteiger partial charge is 0.416 e. The molecule has 146 valence electrons. The van der Waals surface area contributed by atoms with Gasteiger partial charge in [0.1, 0.15) is 0 Å². The van der Waals surface area contributed by atoms with Crippen molar-refractivity contribution < 1.29 is 18.0 Å². The van der Waals surface area contributed by atoms with Crippen molar-refractivity contribution in [2.75, 3.05) is 5.32 Å². The minimum Gasteiger partial charge on any atom is -0.326 e. The fourth-order valence-corrected chi connectivity index (χ4v) is 2.94. The minimum atomic E-state index is -4.43. The Morgan fingerprint density at radius 2 is 1.86 bits per heavy atom. The summed E-state index contributed by atoms with van der Waals surface area (Å²) in [5.74, 6) is 0.190. The molecular formula is C21H15F3N4O. The number of anilines is 1. The molecule has 0 saturated carbocycles. The maximum atomic E-state index is 12.8. The molecule has 0 unspecified atom stereocenters. The molecule has 29 heavy (non-hydrogen) atoms. The molecule has 0 radical (unpaired) electrons. The number of nitrogens with one attached hydrogen (secondary N) is 1. The highest BCUT2D eigenvalue weighted by Gasteiger charge is 2.30. The van der Waals surface area contributed by atoms with Crippen LogP contribution >= 0.6 is 0 Å². The number of alkyl halides is 3. The topological polar surface area (TPSA) is 59.3 Å².